The Morgan fingerprint density at radius 3 is 2.90 bits per heavy atom. The van der Waals surface area contributed by atoms with Gasteiger partial charge in [0.15, 0.2) is 5.76 Å². The molecule has 2 aliphatic rings. The van der Waals surface area contributed by atoms with Gasteiger partial charge in [-0.1, -0.05) is 12.1 Å². The maximum absolute atomic E-state index is 5.29. The molecule has 2 saturated heterocycles. The van der Waals surface area contributed by atoms with E-state index in [1.54, 1.807) is 17.1 Å². The van der Waals surface area contributed by atoms with Crippen molar-refractivity contribution < 1.29 is 4.52 Å². The molecule has 1 N–H and O–H groups in total. The summed E-state index contributed by atoms with van der Waals surface area (Å²) in [6.45, 7) is 9.43. The summed E-state index contributed by atoms with van der Waals surface area (Å²) in [4.78, 5) is 14.2. The average Bonchev–Trinajstić information content (AvgIpc) is 3.42. The van der Waals surface area contributed by atoms with Crippen LogP contribution in [0.3, 0.4) is 0 Å². The van der Waals surface area contributed by atoms with Crippen molar-refractivity contribution >= 4 is 17.5 Å². The van der Waals surface area contributed by atoms with E-state index in [-0.39, 0.29) is 5.41 Å². The highest BCUT2D eigenvalue weighted by atomic mass is 16.5. The SMILES string of the molecule is Cc1cnc(Nc2cnn(C)c2)nc1N1C[C@@H]2CN(Cc3ccno3)C[C@]2(C)C1. The van der Waals surface area contributed by atoms with Crippen LogP contribution in [0, 0.1) is 18.3 Å². The molecule has 5 rings (SSSR count). The molecule has 0 aliphatic carbocycles. The van der Waals surface area contributed by atoms with Crippen molar-refractivity contribution in [3.8, 4) is 0 Å². The molecule has 2 aliphatic heterocycles. The molecule has 0 amide bonds. The van der Waals surface area contributed by atoms with Gasteiger partial charge in [-0.25, -0.2) is 4.98 Å². The van der Waals surface area contributed by atoms with Crippen molar-refractivity contribution in [3.05, 3.63) is 42.2 Å². The fourth-order valence-corrected chi connectivity index (χ4v) is 4.71. The molecule has 0 aromatic carbocycles. The third-order valence-corrected chi connectivity index (χ3v) is 6.12. The minimum Gasteiger partial charge on any atom is -0.360 e. The van der Waals surface area contributed by atoms with Gasteiger partial charge in [-0.05, 0) is 12.8 Å². The lowest BCUT2D eigenvalue weighted by atomic mass is 9.83. The zero-order valence-corrected chi connectivity index (χ0v) is 17.0. The monoisotopic (exact) mass is 394 g/mol. The molecule has 5 heterocycles. The maximum atomic E-state index is 5.29. The molecule has 3 aromatic heterocycles. The quantitative estimate of drug-likeness (QED) is 0.705. The number of hydrogen-bond acceptors (Lipinski definition) is 8. The topological polar surface area (TPSA) is 88.1 Å². The lowest BCUT2D eigenvalue weighted by molar-refractivity contribution is 0.244. The van der Waals surface area contributed by atoms with Crippen molar-refractivity contribution in [2.75, 3.05) is 36.4 Å². The number of fused-ring (bicyclic) bond motifs is 1. The smallest absolute Gasteiger partial charge is 0.229 e. The normalized spacial score (nSPS) is 24.2. The van der Waals surface area contributed by atoms with Crippen LogP contribution in [0.1, 0.15) is 18.2 Å². The molecule has 0 saturated carbocycles. The van der Waals surface area contributed by atoms with Crippen molar-refractivity contribution in [3.63, 3.8) is 0 Å². The number of aryl methyl sites for hydroxylation is 2. The Morgan fingerprint density at radius 1 is 1.28 bits per heavy atom. The van der Waals surface area contributed by atoms with Gasteiger partial charge in [0.25, 0.3) is 0 Å². The minimum absolute atomic E-state index is 0.244. The number of nitrogens with zero attached hydrogens (tertiary/aromatic N) is 7. The van der Waals surface area contributed by atoms with Crippen molar-refractivity contribution in [2.45, 2.75) is 20.4 Å². The number of likely N-dealkylation sites (tertiary alicyclic amines) is 1. The summed E-state index contributed by atoms with van der Waals surface area (Å²) >= 11 is 0. The van der Waals surface area contributed by atoms with Gasteiger partial charge >= 0.3 is 0 Å². The van der Waals surface area contributed by atoms with Crippen LogP contribution in [0.5, 0.6) is 0 Å². The molecule has 2 fully saturated rings. The van der Waals surface area contributed by atoms with Gasteiger partial charge in [-0.2, -0.15) is 10.1 Å². The van der Waals surface area contributed by atoms with Gasteiger partial charge < -0.3 is 14.7 Å². The first-order valence-electron chi connectivity index (χ1n) is 9.95. The Bertz CT molecular complexity index is 1000. The summed E-state index contributed by atoms with van der Waals surface area (Å²) < 4.78 is 7.04. The first-order valence-corrected chi connectivity index (χ1v) is 9.95. The molecule has 2 atom stereocenters. The Kier molecular flexibility index (Phi) is 4.27. The highest BCUT2D eigenvalue weighted by Crippen LogP contribution is 2.44. The summed E-state index contributed by atoms with van der Waals surface area (Å²) in [5.74, 6) is 3.16. The zero-order valence-electron chi connectivity index (χ0n) is 17.0. The highest BCUT2D eigenvalue weighted by Gasteiger charge is 2.49. The largest absolute Gasteiger partial charge is 0.360 e. The lowest BCUT2D eigenvalue weighted by Crippen LogP contribution is -2.32. The molecule has 0 unspecified atom stereocenters. The van der Waals surface area contributed by atoms with E-state index in [2.05, 4.69) is 44.2 Å². The molecule has 9 heteroatoms. The fourth-order valence-electron chi connectivity index (χ4n) is 4.71. The first kappa shape index (κ1) is 18.1. The van der Waals surface area contributed by atoms with E-state index in [1.165, 1.54) is 0 Å². The predicted molar refractivity (Wildman–Crippen MR) is 109 cm³/mol. The van der Waals surface area contributed by atoms with E-state index < -0.39 is 0 Å². The van der Waals surface area contributed by atoms with E-state index in [0.29, 0.717) is 11.9 Å². The summed E-state index contributed by atoms with van der Waals surface area (Å²) in [5.41, 5.74) is 2.23. The third-order valence-electron chi connectivity index (χ3n) is 6.12. The molecular formula is C20H26N8O. The average molecular weight is 394 g/mol. The molecule has 0 bridgehead atoms. The number of rotatable bonds is 5. The Hall–Kier alpha value is -2.94. The summed E-state index contributed by atoms with van der Waals surface area (Å²) in [6.07, 6.45) is 7.29. The molecule has 152 valence electrons. The van der Waals surface area contributed by atoms with Crippen LogP contribution in [-0.2, 0) is 13.6 Å². The molecule has 0 spiro atoms. The van der Waals surface area contributed by atoms with Crippen LogP contribution in [0.2, 0.25) is 0 Å². The van der Waals surface area contributed by atoms with Gasteiger partial charge in [0.1, 0.15) is 5.82 Å². The first-order chi connectivity index (χ1) is 14.0. The standard InChI is InChI=1S/C20H26N8O/c1-14-6-21-19(24-16-7-22-26(3)10-16)25-18(14)28-9-15-8-27(12-20(15,2)13-28)11-17-4-5-23-29-17/h4-7,10,15H,8-9,11-13H2,1-3H3,(H,21,24,25)/t15-,20+/m0/s1. The Balaban J connectivity index is 1.30. The number of nitrogens with one attached hydrogen (secondary N) is 1. The summed E-state index contributed by atoms with van der Waals surface area (Å²) in [5, 5.41) is 11.3. The summed E-state index contributed by atoms with van der Waals surface area (Å²) in [7, 11) is 1.89. The lowest BCUT2D eigenvalue weighted by Gasteiger charge is -2.26. The Morgan fingerprint density at radius 2 is 2.17 bits per heavy atom. The molecular weight excluding hydrogens is 368 g/mol. The molecule has 3 aromatic rings. The van der Waals surface area contributed by atoms with Crippen LogP contribution in [0.4, 0.5) is 17.5 Å². The maximum Gasteiger partial charge on any atom is 0.229 e. The van der Waals surface area contributed by atoms with E-state index in [4.69, 9.17) is 9.51 Å². The molecule has 29 heavy (non-hydrogen) atoms. The molecule has 0 radical (unpaired) electrons. The van der Waals surface area contributed by atoms with Crippen LogP contribution < -0.4 is 10.2 Å². The Labute approximate surface area is 169 Å². The number of aromatic nitrogens is 5. The van der Waals surface area contributed by atoms with E-state index in [0.717, 1.165) is 55.6 Å². The number of hydrogen-bond donors (Lipinski definition) is 1. The molecule has 9 nitrogen and oxygen atoms in total. The van der Waals surface area contributed by atoms with Gasteiger partial charge in [-0.3, -0.25) is 9.58 Å². The van der Waals surface area contributed by atoms with Crippen LogP contribution in [0.15, 0.2) is 35.4 Å². The van der Waals surface area contributed by atoms with Crippen LogP contribution in [0.25, 0.3) is 0 Å². The van der Waals surface area contributed by atoms with Gasteiger partial charge in [0, 0.05) is 62.7 Å². The van der Waals surface area contributed by atoms with E-state index in [1.807, 2.05) is 25.5 Å². The van der Waals surface area contributed by atoms with Crippen LogP contribution >= 0.6 is 0 Å². The second-order valence-corrected chi connectivity index (χ2v) is 8.61. The van der Waals surface area contributed by atoms with Crippen molar-refractivity contribution in [1.29, 1.82) is 0 Å². The number of anilines is 3. The van der Waals surface area contributed by atoms with Crippen LogP contribution in [-0.4, -0.2) is 56.0 Å². The minimum atomic E-state index is 0.244. The zero-order chi connectivity index (χ0) is 20.0. The summed E-state index contributed by atoms with van der Waals surface area (Å²) in [6, 6.07) is 1.95. The fraction of sp³-hybridized carbons (Fsp3) is 0.500. The van der Waals surface area contributed by atoms with Crippen molar-refractivity contribution in [2.24, 2.45) is 18.4 Å². The predicted octanol–water partition coefficient (Wildman–Crippen LogP) is 2.21. The van der Waals surface area contributed by atoms with Crippen molar-refractivity contribution in [1.82, 2.24) is 29.8 Å². The second kappa shape index (κ2) is 6.84. The third kappa shape index (κ3) is 3.46. The second-order valence-electron chi connectivity index (χ2n) is 8.61. The van der Waals surface area contributed by atoms with Gasteiger partial charge in [0.05, 0.1) is 24.6 Å². The highest BCUT2D eigenvalue weighted by molar-refractivity contribution is 5.56. The van der Waals surface area contributed by atoms with Gasteiger partial charge in [-0.15, -0.1) is 0 Å². The van der Waals surface area contributed by atoms with E-state index in [9.17, 15) is 0 Å². The van der Waals surface area contributed by atoms with Gasteiger partial charge in [0.2, 0.25) is 5.95 Å². The van der Waals surface area contributed by atoms with E-state index >= 15 is 0 Å².